The van der Waals surface area contributed by atoms with Gasteiger partial charge in [0.25, 0.3) is 0 Å². The minimum Gasteiger partial charge on any atom is -0.394 e. The maximum absolute atomic E-state index is 12.0. The van der Waals surface area contributed by atoms with E-state index < -0.39 is 5.54 Å². The number of pyridine rings is 1. The minimum atomic E-state index is -0.577. The fourth-order valence-electron chi connectivity index (χ4n) is 3.18. The zero-order chi connectivity index (χ0) is 18.3. The van der Waals surface area contributed by atoms with Crippen LogP contribution in [0.5, 0.6) is 0 Å². The van der Waals surface area contributed by atoms with Crippen LogP contribution in [0.25, 0.3) is 0 Å². The van der Waals surface area contributed by atoms with E-state index in [0.717, 1.165) is 43.2 Å². The van der Waals surface area contributed by atoms with Crippen molar-refractivity contribution in [2.75, 3.05) is 24.6 Å². The van der Waals surface area contributed by atoms with Crippen LogP contribution in [0.2, 0.25) is 0 Å². The second-order valence-corrected chi connectivity index (χ2v) is 7.47. The second-order valence-electron chi connectivity index (χ2n) is 7.47. The highest BCUT2D eigenvalue weighted by molar-refractivity contribution is 5.74. The van der Waals surface area contributed by atoms with Gasteiger partial charge in [0.2, 0.25) is 0 Å². The number of aliphatic hydroxyl groups excluding tert-OH is 1. The van der Waals surface area contributed by atoms with Crippen LogP contribution in [-0.4, -0.2) is 41.4 Å². The second kappa shape index (κ2) is 9.04. The van der Waals surface area contributed by atoms with E-state index in [9.17, 15) is 9.90 Å². The van der Waals surface area contributed by atoms with Crippen LogP contribution in [0.3, 0.4) is 0 Å². The molecule has 1 aromatic heterocycles. The molecule has 25 heavy (non-hydrogen) atoms. The number of carbonyl (C=O) groups excluding carboxylic acids is 1. The largest absolute Gasteiger partial charge is 0.394 e. The molecule has 1 aliphatic rings. The Morgan fingerprint density at radius 2 is 2.12 bits per heavy atom. The first kappa shape index (κ1) is 19.5. The molecule has 1 atom stereocenters. The minimum absolute atomic E-state index is 0.0705. The van der Waals surface area contributed by atoms with E-state index in [1.807, 2.05) is 32.2 Å². The highest BCUT2D eigenvalue weighted by Crippen LogP contribution is 2.21. The lowest BCUT2D eigenvalue weighted by Gasteiger charge is -2.31. The maximum Gasteiger partial charge on any atom is 0.315 e. The summed E-state index contributed by atoms with van der Waals surface area (Å²) in [5.74, 6) is 1.81. The van der Waals surface area contributed by atoms with E-state index in [4.69, 9.17) is 0 Å². The lowest BCUT2D eigenvalue weighted by Crippen LogP contribution is -2.52. The van der Waals surface area contributed by atoms with Gasteiger partial charge < -0.3 is 20.6 Å². The summed E-state index contributed by atoms with van der Waals surface area (Å²) < 4.78 is 0. The summed E-state index contributed by atoms with van der Waals surface area (Å²) in [7, 11) is 0. The average Bonchev–Trinajstić information content (AvgIpc) is 2.61. The fraction of sp³-hybridized carbons (Fsp3) is 0.684. The molecule has 1 fully saturated rings. The van der Waals surface area contributed by atoms with Crippen LogP contribution < -0.4 is 15.5 Å². The van der Waals surface area contributed by atoms with Crippen LogP contribution in [0.15, 0.2) is 18.3 Å². The summed E-state index contributed by atoms with van der Waals surface area (Å²) in [5, 5.41) is 15.2. The zero-order valence-corrected chi connectivity index (χ0v) is 15.7. The van der Waals surface area contributed by atoms with Crippen molar-refractivity contribution in [1.29, 1.82) is 0 Å². The monoisotopic (exact) mass is 348 g/mol. The van der Waals surface area contributed by atoms with Crippen molar-refractivity contribution in [2.45, 2.75) is 58.5 Å². The molecule has 140 valence electrons. The summed E-state index contributed by atoms with van der Waals surface area (Å²) >= 11 is 0. The fourth-order valence-corrected chi connectivity index (χ4v) is 3.18. The van der Waals surface area contributed by atoms with Gasteiger partial charge in [-0.3, -0.25) is 0 Å². The number of aromatic nitrogens is 1. The van der Waals surface area contributed by atoms with E-state index >= 15 is 0 Å². The van der Waals surface area contributed by atoms with Gasteiger partial charge in [-0.25, -0.2) is 9.78 Å². The van der Waals surface area contributed by atoms with Crippen LogP contribution in [-0.2, 0) is 6.54 Å². The van der Waals surface area contributed by atoms with Crippen molar-refractivity contribution in [3.8, 4) is 0 Å². The smallest absolute Gasteiger partial charge is 0.315 e. The molecule has 1 unspecified atom stereocenters. The lowest BCUT2D eigenvalue weighted by atomic mass is 9.98. The Kier molecular flexibility index (Phi) is 7.05. The number of urea groups is 1. The molecule has 0 bridgehead atoms. The molecule has 0 aliphatic carbocycles. The average molecular weight is 348 g/mol. The van der Waals surface area contributed by atoms with E-state index in [-0.39, 0.29) is 12.6 Å². The molecule has 0 saturated carbocycles. The first-order valence-corrected chi connectivity index (χ1v) is 9.32. The Bertz CT molecular complexity index is 541. The van der Waals surface area contributed by atoms with Crippen molar-refractivity contribution in [3.63, 3.8) is 0 Å². The third-order valence-electron chi connectivity index (χ3n) is 4.94. The molecule has 3 N–H and O–H groups in total. The quantitative estimate of drug-likeness (QED) is 0.708. The molecule has 2 amide bonds. The van der Waals surface area contributed by atoms with Gasteiger partial charge in [0, 0.05) is 25.8 Å². The van der Waals surface area contributed by atoms with Crippen molar-refractivity contribution >= 4 is 11.8 Å². The number of aliphatic hydroxyl groups is 1. The molecule has 0 aromatic carbocycles. The van der Waals surface area contributed by atoms with Crippen LogP contribution in [0.4, 0.5) is 10.6 Å². The van der Waals surface area contributed by atoms with Gasteiger partial charge in [-0.2, -0.15) is 0 Å². The van der Waals surface area contributed by atoms with E-state index in [2.05, 4.69) is 27.4 Å². The summed E-state index contributed by atoms with van der Waals surface area (Å²) in [5.41, 5.74) is 0.386. The number of hydrogen-bond acceptors (Lipinski definition) is 4. The van der Waals surface area contributed by atoms with E-state index in [0.29, 0.717) is 6.54 Å². The number of piperidine rings is 1. The molecule has 2 rings (SSSR count). The van der Waals surface area contributed by atoms with Gasteiger partial charge in [0.1, 0.15) is 5.82 Å². The highest BCUT2D eigenvalue weighted by Gasteiger charge is 2.24. The van der Waals surface area contributed by atoms with Gasteiger partial charge in [-0.15, -0.1) is 0 Å². The Hall–Kier alpha value is -1.82. The molecular formula is C19H32N4O2. The van der Waals surface area contributed by atoms with Gasteiger partial charge >= 0.3 is 6.03 Å². The molecule has 1 aromatic rings. The predicted octanol–water partition coefficient (Wildman–Crippen LogP) is 2.67. The van der Waals surface area contributed by atoms with Gasteiger partial charge in [0.05, 0.1) is 12.1 Å². The number of rotatable bonds is 7. The number of carbonyl (C=O) groups is 1. The molecule has 1 saturated heterocycles. The third kappa shape index (κ3) is 5.88. The SMILES string of the molecule is CCCC(C)(CO)NC(=O)NCc1ccc(N2CCC(C)CC2)nc1. The Balaban J connectivity index is 1.82. The Labute approximate surface area is 151 Å². The number of nitrogens with one attached hydrogen (secondary N) is 2. The van der Waals surface area contributed by atoms with Crippen LogP contribution in [0.1, 0.15) is 52.0 Å². The van der Waals surface area contributed by atoms with Crippen molar-refractivity contribution in [3.05, 3.63) is 23.9 Å². The molecule has 6 heteroatoms. The van der Waals surface area contributed by atoms with Gasteiger partial charge in [-0.05, 0) is 43.7 Å². The predicted molar refractivity (Wildman–Crippen MR) is 101 cm³/mol. The molecule has 6 nitrogen and oxygen atoms in total. The number of anilines is 1. The van der Waals surface area contributed by atoms with Gasteiger partial charge in [-0.1, -0.05) is 26.3 Å². The molecular weight excluding hydrogens is 316 g/mol. The van der Waals surface area contributed by atoms with Crippen molar-refractivity contribution in [1.82, 2.24) is 15.6 Å². The van der Waals surface area contributed by atoms with E-state index in [1.165, 1.54) is 12.8 Å². The molecule has 1 aliphatic heterocycles. The first-order valence-electron chi connectivity index (χ1n) is 9.32. The van der Waals surface area contributed by atoms with Crippen LogP contribution in [0, 0.1) is 5.92 Å². The summed E-state index contributed by atoms with van der Waals surface area (Å²) in [4.78, 5) is 18.9. The normalized spacial score (nSPS) is 17.8. The number of nitrogens with zero attached hydrogens (tertiary/aromatic N) is 2. The van der Waals surface area contributed by atoms with Gasteiger partial charge in [0.15, 0.2) is 0 Å². The topological polar surface area (TPSA) is 77.5 Å². The molecule has 0 spiro atoms. The summed E-state index contributed by atoms with van der Waals surface area (Å²) in [6.07, 6.45) is 5.89. The Morgan fingerprint density at radius 1 is 1.40 bits per heavy atom. The molecule has 2 heterocycles. The van der Waals surface area contributed by atoms with Crippen LogP contribution >= 0.6 is 0 Å². The highest BCUT2D eigenvalue weighted by atomic mass is 16.3. The van der Waals surface area contributed by atoms with Crippen molar-refractivity contribution in [2.24, 2.45) is 5.92 Å². The first-order chi connectivity index (χ1) is 12.0. The molecule has 0 radical (unpaired) electrons. The number of amides is 2. The standard InChI is InChI=1S/C19H32N4O2/c1-4-9-19(3,14-24)22-18(25)21-13-16-5-6-17(20-12-16)23-10-7-15(2)8-11-23/h5-6,12,15,24H,4,7-11,13-14H2,1-3H3,(H2,21,22,25). The lowest BCUT2D eigenvalue weighted by molar-refractivity contribution is 0.163. The Morgan fingerprint density at radius 3 is 2.68 bits per heavy atom. The maximum atomic E-state index is 12.0. The van der Waals surface area contributed by atoms with Crippen molar-refractivity contribution < 1.29 is 9.90 Å². The zero-order valence-electron chi connectivity index (χ0n) is 15.7. The number of hydrogen-bond donors (Lipinski definition) is 3. The third-order valence-corrected chi connectivity index (χ3v) is 4.94. The summed E-state index contributed by atoms with van der Waals surface area (Å²) in [6.45, 7) is 8.65. The van der Waals surface area contributed by atoms with E-state index in [1.54, 1.807) is 0 Å². The summed E-state index contributed by atoms with van der Waals surface area (Å²) in [6, 6.07) is 3.77.